The van der Waals surface area contributed by atoms with Gasteiger partial charge in [-0.05, 0) is 42.7 Å². The van der Waals surface area contributed by atoms with Crippen molar-refractivity contribution in [3.63, 3.8) is 0 Å². The molecule has 0 aliphatic carbocycles. The number of nitrogens with one attached hydrogen (secondary N) is 1. The third-order valence-corrected chi connectivity index (χ3v) is 4.68. The fourth-order valence-electron chi connectivity index (χ4n) is 3.10. The molecule has 0 aliphatic rings. The second-order valence-electron chi connectivity index (χ2n) is 6.82. The van der Waals surface area contributed by atoms with E-state index in [1.165, 1.54) is 0 Å². The summed E-state index contributed by atoms with van der Waals surface area (Å²) < 4.78 is 11.4. The van der Waals surface area contributed by atoms with Crippen LogP contribution in [0.15, 0.2) is 36.4 Å². The van der Waals surface area contributed by atoms with Crippen LogP contribution in [0, 0.1) is 0 Å². The van der Waals surface area contributed by atoms with E-state index in [1.807, 2.05) is 12.1 Å². The minimum absolute atomic E-state index is 0.0910. The molecule has 3 N–H and O–H groups in total. The predicted octanol–water partition coefficient (Wildman–Crippen LogP) is 3.48. The van der Waals surface area contributed by atoms with Crippen molar-refractivity contribution >= 4 is 5.91 Å². The number of hydrogen-bond acceptors (Lipinski definition) is 5. The van der Waals surface area contributed by atoms with E-state index in [1.54, 1.807) is 31.4 Å². The molecule has 158 valence electrons. The number of amides is 1. The van der Waals surface area contributed by atoms with Crippen molar-refractivity contribution in [2.24, 2.45) is 0 Å². The number of carbonyl (C=O) groups is 1. The topological polar surface area (TPSA) is 88.0 Å². The maximum absolute atomic E-state index is 12.8. The predicted molar refractivity (Wildman–Crippen MR) is 113 cm³/mol. The average molecular weight is 402 g/mol. The van der Waals surface area contributed by atoms with Gasteiger partial charge in [0.15, 0.2) is 11.5 Å². The van der Waals surface area contributed by atoms with Gasteiger partial charge in [-0.3, -0.25) is 4.79 Å². The highest BCUT2D eigenvalue weighted by Crippen LogP contribution is 2.34. The molecule has 0 bridgehead atoms. The molecule has 2 aromatic rings. The van der Waals surface area contributed by atoms with Gasteiger partial charge in [0.2, 0.25) is 0 Å². The Hall–Kier alpha value is -2.73. The minimum Gasteiger partial charge on any atom is -0.508 e. The van der Waals surface area contributed by atoms with E-state index >= 15 is 0 Å². The zero-order chi connectivity index (χ0) is 21.1. The summed E-state index contributed by atoms with van der Waals surface area (Å²) in [5.74, 6) is 1.10. The van der Waals surface area contributed by atoms with Crippen LogP contribution in [0.2, 0.25) is 0 Å². The first-order valence-electron chi connectivity index (χ1n) is 10.1. The molecule has 0 spiro atoms. The molecule has 0 atom stereocenters. The molecule has 6 nitrogen and oxygen atoms in total. The lowest BCUT2D eigenvalue weighted by Gasteiger charge is -2.18. The molecule has 0 fully saturated rings. The third kappa shape index (κ3) is 6.68. The summed E-state index contributed by atoms with van der Waals surface area (Å²) >= 11 is 0. The Morgan fingerprint density at radius 1 is 1.07 bits per heavy atom. The number of benzene rings is 2. The van der Waals surface area contributed by atoms with Crippen molar-refractivity contribution in [3.8, 4) is 17.2 Å². The Morgan fingerprint density at radius 3 is 2.48 bits per heavy atom. The van der Waals surface area contributed by atoms with Gasteiger partial charge in [-0.25, -0.2) is 0 Å². The van der Waals surface area contributed by atoms with E-state index in [0.717, 1.165) is 24.8 Å². The van der Waals surface area contributed by atoms with Crippen LogP contribution < -0.4 is 14.8 Å². The summed E-state index contributed by atoms with van der Waals surface area (Å²) in [6.45, 7) is 3.03. The molecule has 29 heavy (non-hydrogen) atoms. The second-order valence-corrected chi connectivity index (χ2v) is 6.82. The number of phenolic OH excluding ortho intramolecular Hbond substituents is 1. The number of ether oxygens (including phenoxy) is 2. The Morgan fingerprint density at radius 2 is 1.83 bits per heavy atom. The Labute approximate surface area is 172 Å². The number of aliphatic hydroxyl groups is 1. The molecule has 0 radical (unpaired) electrons. The number of methoxy groups -OCH3 is 1. The molecule has 2 rings (SSSR count). The molecule has 1 amide bonds. The van der Waals surface area contributed by atoms with E-state index < -0.39 is 0 Å². The molecular formula is C23H31NO5. The van der Waals surface area contributed by atoms with Crippen LogP contribution in [0.4, 0.5) is 0 Å². The van der Waals surface area contributed by atoms with Crippen molar-refractivity contribution in [3.05, 3.63) is 53.1 Å². The van der Waals surface area contributed by atoms with Gasteiger partial charge in [-0.2, -0.15) is 0 Å². The monoisotopic (exact) mass is 401 g/mol. The maximum atomic E-state index is 12.8. The quantitative estimate of drug-likeness (QED) is 0.474. The summed E-state index contributed by atoms with van der Waals surface area (Å²) in [5, 5.41) is 21.8. The Kier molecular flexibility index (Phi) is 9.31. The molecule has 0 saturated heterocycles. The van der Waals surface area contributed by atoms with Crippen LogP contribution in [-0.2, 0) is 12.8 Å². The first-order chi connectivity index (χ1) is 14.1. The summed E-state index contributed by atoms with van der Waals surface area (Å²) in [5.41, 5.74) is 2.16. The molecule has 0 heterocycles. The largest absolute Gasteiger partial charge is 0.508 e. The number of rotatable bonds is 12. The summed E-state index contributed by atoms with van der Waals surface area (Å²) in [4.78, 5) is 12.8. The maximum Gasteiger partial charge on any atom is 0.251 e. The molecule has 0 aliphatic heterocycles. The van der Waals surface area contributed by atoms with Gasteiger partial charge in [0.05, 0.1) is 13.7 Å². The first kappa shape index (κ1) is 22.6. The minimum atomic E-state index is -0.215. The molecule has 6 heteroatoms. The Balaban J connectivity index is 2.11. The zero-order valence-corrected chi connectivity index (χ0v) is 17.2. The molecule has 0 saturated carbocycles. The standard InChI is InChI=1S/C23H31NO5/c1-3-4-5-16-29-22-19(13-15-25)20(10-11-21(22)28-2)23(27)24-14-12-17-6-8-18(26)9-7-17/h6-11,25-26H,3-5,12-16H2,1-2H3,(H,24,27). The molecular weight excluding hydrogens is 370 g/mol. The van der Waals surface area contributed by atoms with E-state index in [0.29, 0.717) is 48.6 Å². The van der Waals surface area contributed by atoms with E-state index in [2.05, 4.69) is 12.2 Å². The first-order valence-corrected chi connectivity index (χ1v) is 10.1. The van der Waals surface area contributed by atoms with Crippen LogP contribution in [0.5, 0.6) is 17.2 Å². The van der Waals surface area contributed by atoms with E-state index in [4.69, 9.17) is 9.47 Å². The third-order valence-electron chi connectivity index (χ3n) is 4.68. The van der Waals surface area contributed by atoms with Crippen molar-refractivity contribution in [1.29, 1.82) is 0 Å². The van der Waals surface area contributed by atoms with Gasteiger partial charge in [0.25, 0.3) is 5.91 Å². The highest BCUT2D eigenvalue weighted by molar-refractivity contribution is 5.96. The smallest absolute Gasteiger partial charge is 0.251 e. The lowest BCUT2D eigenvalue weighted by molar-refractivity contribution is 0.0952. The van der Waals surface area contributed by atoms with Crippen molar-refractivity contribution in [2.75, 3.05) is 26.9 Å². The van der Waals surface area contributed by atoms with Crippen LogP contribution in [0.1, 0.15) is 47.7 Å². The van der Waals surface area contributed by atoms with Crippen molar-refractivity contribution < 1.29 is 24.5 Å². The van der Waals surface area contributed by atoms with Crippen LogP contribution in [-0.4, -0.2) is 43.0 Å². The fraction of sp³-hybridized carbons (Fsp3) is 0.435. The lowest BCUT2D eigenvalue weighted by atomic mass is 10.0. The lowest BCUT2D eigenvalue weighted by Crippen LogP contribution is -2.27. The molecule has 0 aromatic heterocycles. The molecule has 0 unspecified atom stereocenters. The highest BCUT2D eigenvalue weighted by Gasteiger charge is 2.19. The number of phenols is 1. The van der Waals surface area contributed by atoms with E-state index in [9.17, 15) is 15.0 Å². The van der Waals surface area contributed by atoms with Gasteiger partial charge in [0.1, 0.15) is 5.75 Å². The second kappa shape index (κ2) is 12.0. The number of hydrogen-bond donors (Lipinski definition) is 3. The van der Waals surface area contributed by atoms with Gasteiger partial charge in [0, 0.05) is 30.7 Å². The normalized spacial score (nSPS) is 10.6. The number of aliphatic hydroxyl groups excluding tert-OH is 1. The molecule has 2 aromatic carbocycles. The van der Waals surface area contributed by atoms with Gasteiger partial charge in [-0.15, -0.1) is 0 Å². The van der Waals surface area contributed by atoms with E-state index in [-0.39, 0.29) is 18.3 Å². The number of aromatic hydroxyl groups is 1. The van der Waals surface area contributed by atoms with Gasteiger partial charge < -0.3 is 25.0 Å². The van der Waals surface area contributed by atoms with Gasteiger partial charge in [-0.1, -0.05) is 31.9 Å². The Bertz CT molecular complexity index is 774. The van der Waals surface area contributed by atoms with Crippen molar-refractivity contribution in [1.82, 2.24) is 5.32 Å². The number of unbranched alkanes of at least 4 members (excludes halogenated alkanes) is 2. The highest BCUT2D eigenvalue weighted by atomic mass is 16.5. The average Bonchev–Trinajstić information content (AvgIpc) is 2.73. The zero-order valence-electron chi connectivity index (χ0n) is 17.2. The van der Waals surface area contributed by atoms with Crippen LogP contribution in [0.3, 0.4) is 0 Å². The van der Waals surface area contributed by atoms with Crippen LogP contribution in [0.25, 0.3) is 0 Å². The van der Waals surface area contributed by atoms with Crippen LogP contribution >= 0.6 is 0 Å². The SMILES string of the molecule is CCCCCOc1c(OC)ccc(C(=O)NCCc2ccc(O)cc2)c1CCO. The fourth-order valence-corrected chi connectivity index (χ4v) is 3.10. The summed E-state index contributed by atoms with van der Waals surface area (Å²) in [7, 11) is 1.56. The number of carbonyl (C=O) groups excluding carboxylic acids is 1. The van der Waals surface area contributed by atoms with Crippen molar-refractivity contribution in [2.45, 2.75) is 39.0 Å². The van der Waals surface area contributed by atoms with Gasteiger partial charge >= 0.3 is 0 Å². The summed E-state index contributed by atoms with van der Waals surface area (Å²) in [6, 6.07) is 10.3. The summed E-state index contributed by atoms with van der Waals surface area (Å²) in [6.07, 6.45) is 4.03.